The maximum Gasteiger partial charge on any atom is 0.308 e. The van der Waals surface area contributed by atoms with Crippen molar-refractivity contribution in [2.45, 2.75) is 59.2 Å². The average molecular weight is 240 g/mol. The number of carbonyl (C=O) groups excluding carboxylic acids is 1. The van der Waals surface area contributed by atoms with Crippen LogP contribution >= 0.6 is 0 Å². The number of hydrogen-bond acceptors (Lipinski definition) is 3. The molecule has 4 unspecified atom stereocenters. The van der Waals surface area contributed by atoms with Crippen molar-refractivity contribution < 1.29 is 14.6 Å². The fourth-order valence-corrected chi connectivity index (χ4v) is 3.57. The number of aliphatic hydroxyl groups is 1. The van der Waals surface area contributed by atoms with Crippen LogP contribution in [0.25, 0.3) is 0 Å². The fraction of sp³-hybridized carbons (Fsp3) is 0.929. The quantitative estimate of drug-likeness (QED) is 0.754. The van der Waals surface area contributed by atoms with Crippen LogP contribution < -0.4 is 0 Å². The zero-order valence-corrected chi connectivity index (χ0v) is 11.5. The molecular formula is C14H24O3. The smallest absolute Gasteiger partial charge is 0.308 e. The number of carbonyl (C=O) groups is 1. The fourth-order valence-electron chi connectivity index (χ4n) is 3.57. The summed E-state index contributed by atoms with van der Waals surface area (Å²) in [5.74, 6) is 0.503. The summed E-state index contributed by atoms with van der Waals surface area (Å²) in [6.45, 7) is 9.89. The van der Waals surface area contributed by atoms with Crippen molar-refractivity contribution in [2.24, 2.45) is 23.2 Å². The molecule has 3 rings (SSSR count). The lowest BCUT2D eigenvalue weighted by Crippen LogP contribution is -2.67. The second-order valence-electron chi connectivity index (χ2n) is 6.85. The van der Waals surface area contributed by atoms with Gasteiger partial charge >= 0.3 is 5.97 Å². The predicted molar refractivity (Wildman–Crippen MR) is 65.3 cm³/mol. The van der Waals surface area contributed by atoms with E-state index in [0.29, 0.717) is 5.92 Å². The molecule has 0 amide bonds. The Labute approximate surface area is 104 Å². The van der Waals surface area contributed by atoms with Crippen molar-refractivity contribution >= 4 is 5.97 Å². The first-order chi connectivity index (χ1) is 7.67. The van der Waals surface area contributed by atoms with E-state index in [1.807, 2.05) is 20.8 Å². The molecule has 3 nitrogen and oxygen atoms in total. The first-order valence-electron chi connectivity index (χ1n) is 6.60. The molecule has 0 spiro atoms. The summed E-state index contributed by atoms with van der Waals surface area (Å²) >= 11 is 0. The molecule has 4 atom stereocenters. The van der Waals surface area contributed by atoms with Crippen molar-refractivity contribution in [1.29, 1.82) is 0 Å². The zero-order valence-electron chi connectivity index (χ0n) is 11.5. The number of rotatable bonds is 2. The van der Waals surface area contributed by atoms with Gasteiger partial charge in [0.25, 0.3) is 0 Å². The first kappa shape index (κ1) is 12.9. The third-order valence-corrected chi connectivity index (χ3v) is 5.06. The minimum absolute atomic E-state index is 0.128. The molecule has 98 valence electrons. The zero-order chi connectivity index (χ0) is 13.0. The molecule has 17 heavy (non-hydrogen) atoms. The maximum absolute atomic E-state index is 11.6. The van der Waals surface area contributed by atoms with Crippen molar-refractivity contribution in [1.82, 2.24) is 0 Å². The monoisotopic (exact) mass is 240 g/mol. The van der Waals surface area contributed by atoms with Crippen LogP contribution in [0.2, 0.25) is 0 Å². The Morgan fingerprint density at radius 2 is 1.88 bits per heavy atom. The summed E-state index contributed by atoms with van der Waals surface area (Å²) in [5, 5.41) is 10.6. The van der Waals surface area contributed by atoms with E-state index in [1.165, 1.54) is 0 Å². The molecule has 1 N–H and O–H groups in total. The molecule has 2 bridgehead atoms. The van der Waals surface area contributed by atoms with Crippen LogP contribution in [0.1, 0.15) is 47.5 Å². The lowest BCUT2D eigenvalue weighted by molar-refractivity contribution is -0.254. The molecule has 0 aromatic rings. The van der Waals surface area contributed by atoms with Gasteiger partial charge < -0.3 is 9.84 Å². The molecule has 3 heteroatoms. The lowest BCUT2D eigenvalue weighted by Gasteiger charge is -2.64. The summed E-state index contributed by atoms with van der Waals surface area (Å²) in [5.41, 5.74) is -0.687. The van der Waals surface area contributed by atoms with Crippen LogP contribution in [0.15, 0.2) is 0 Å². The van der Waals surface area contributed by atoms with E-state index in [2.05, 4.69) is 13.8 Å². The largest absolute Gasteiger partial charge is 0.459 e. The standard InChI is InChI=1S/C14H24O3/c1-8(2)12(15)17-11-7-9-6-10(13(9,3)4)14(11,5)16/h8-11,16H,6-7H2,1-5H3. The van der Waals surface area contributed by atoms with E-state index in [9.17, 15) is 9.90 Å². The summed E-state index contributed by atoms with van der Waals surface area (Å²) in [7, 11) is 0. The highest BCUT2D eigenvalue weighted by atomic mass is 16.6. The van der Waals surface area contributed by atoms with E-state index >= 15 is 0 Å². The highest BCUT2D eigenvalue weighted by Gasteiger charge is 2.64. The van der Waals surface area contributed by atoms with Gasteiger partial charge in [-0.15, -0.1) is 0 Å². The highest BCUT2D eigenvalue weighted by Crippen LogP contribution is 2.63. The Hall–Kier alpha value is -0.570. The Balaban J connectivity index is 2.10. The third kappa shape index (κ3) is 1.79. The van der Waals surface area contributed by atoms with Crippen LogP contribution in [0, 0.1) is 23.2 Å². The Morgan fingerprint density at radius 1 is 1.29 bits per heavy atom. The lowest BCUT2D eigenvalue weighted by atomic mass is 9.43. The van der Waals surface area contributed by atoms with E-state index in [-0.39, 0.29) is 29.3 Å². The summed E-state index contributed by atoms with van der Waals surface area (Å²) in [4.78, 5) is 11.6. The molecule has 0 saturated heterocycles. The molecular weight excluding hydrogens is 216 g/mol. The van der Waals surface area contributed by atoms with Gasteiger partial charge in [-0.05, 0) is 37.0 Å². The van der Waals surface area contributed by atoms with Gasteiger partial charge in [0.1, 0.15) is 11.7 Å². The Kier molecular flexibility index (Phi) is 2.81. The highest BCUT2D eigenvalue weighted by molar-refractivity contribution is 5.71. The van der Waals surface area contributed by atoms with E-state index < -0.39 is 5.60 Å². The van der Waals surface area contributed by atoms with Gasteiger partial charge in [-0.2, -0.15) is 0 Å². The minimum atomic E-state index is -0.872. The number of hydrogen-bond donors (Lipinski definition) is 1. The number of fused-ring (bicyclic) bond motifs is 2. The van der Waals surface area contributed by atoms with Crippen molar-refractivity contribution in [3.8, 4) is 0 Å². The van der Waals surface area contributed by atoms with E-state index in [0.717, 1.165) is 12.8 Å². The average Bonchev–Trinajstić information content (AvgIpc) is 2.19. The number of esters is 1. The topological polar surface area (TPSA) is 46.5 Å². The predicted octanol–water partition coefficient (Wildman–Crippen LogP) is 2.37. The van der Waals surface area contributed by atoms with Crippen molar-refractivity contribution in [2.75, 3.05) is 0 Å². The molecule has 0 aromatic carbocycles. The third-order valence-electron chi connectivity index (χ3n) is 5.06. The van der Waals surface area contributed by atoms with Crippen molar-refractivity contribution in [3.63, 3.8) is 0 Å². The molecule has 0 radical (unpaired) electrons. The molecule has 3 saturated carbocycles. The van der Waals surface area contributed by atoms with E-state index in [4.69, 9.17) is 4.74 Å². The van der Waals surface area contributed by atoms with Gasteiger partial charge in [0, 0.05) is 0 Å². The van der Waals surface area contributed by atoms with Gasteiger partial charge in [-0.1, -0.05) is 27.7 Å². The molecule has 0 heterocycles. The van der Waals surface area contributed by atoms with Gasteiger partial charge in [0.2, 0.25) is 0 Å². The first-order valence-corrected chi connectivity index (χ1v) is 6.60. The van der Waals surface area contributed by atoms with Gasteiger partial charge in [-0.25, -0.2) is 0 Å². The van der Waals surface area contributed by atoms with Gasteiger partial charge in [-0.3, -0.25) is 4.79 Å². The number of ether oxygens (including phenoxy) is 1. The Morgan fingerprint density at radius 3 is 2.29 bits per heavy atom. The summed E-state index contributed by atoms with van der Waals surface area (Å²) < 4.78 is 5.47. The minimum Gasteiger partial charge on any atom is -0.459 e. The van der Waals surface area contributed by atoms with Crippen molar-refractivity contribution in [3.05, 3.63) is 0 Å². The van der Waals surface area contributed by atoms with Crippen LogP contribution in [0.3, 0.4) is 0 Å². The Bertz CT molecular complexity index is 330. The summed E-state index contributed by atoms with van der Waals surface area (Å²) in [6, 6.07) is 0. The maximum atomic E-state index is 11.6. The molecule has 3 fully saturated rings. The SMILES string of the molecule is CC(C)C(=O)OC1CC2CC(C2(C)C)C1(C)O. The normalized spacial score (nSPS) is 43.1. The van der Waals surface area contributed by atoms with E-state index in [1.54, 1.807) is 0 Å². The second kappa shape index (κ2) is 3.71. The van der Waals surface area contributed by atoms with Crippen LogP contribution in [0.4, 0.5) is 0 Å². The molecule has 3 aliphatic carbocycles. The molecule has 0 aromatic heterocycles. The molecule has 0 aliphatic heterocycles. The van der Waals surface area contributed by atoms with Gasteiger partial charge in [0.15, 0.2) is 0 Å². The molecule has 3 aliphatic rings. The van der Waals surface area contributed by atoms with Crippen LogP contribution in [-0.4, -0.2) is 22.8 Å². The summed E-state index contributed by atoms with van der Waals surface area (Å²) in [6.07, 6.45) is 1.54. The van der Waals surface area contributed by atoms with Crippen LogP contribution in [0.5, 0.6) is 0 Å². The van der Waals surface area contributed by atoms with Gasteiger partial charge in [0.05, 0.1) is 5.92 Å². The second-order valence-corrected chi connectivity index (χ2v) is 6.85. The van der Waals surface area contributed by atoms with Crippen LogP contribution in [-0.2, 0) is 9.53 Å².